The van der Waals surface area contributed by atoms with Gasteiger partial charge in [-0.15, -0.1) is 10.2 Å². The van der Waals surface area contributed by atoms with Gasteiger partial charge in [-0.05, 0) is 0 Å². The zero-order chi connectivity index (χ0) is 14.3. The smallest absolute Gasteiger partial charge is 0.274 e. The lowest BCUT2D eigenvalue weighted by atomic mass is 10.2. The predicted octanol–water partition coefficient (Wildman–Crippen LogP) is 3.46. The third kappa shape index (κ3) is 2.09. The number of fused-ring (bicyclic) bond motifs is 1. The SMILES string of the molecule is FC(F)(F)c1nnc2c(Cl)nc(-c3ccccc3)cn12. The molecule has 1 aromatic carbocycles. The maximum atomic E-state index is 12.8. The van der Waals surface area contributed by atoms with Crippen LogP contribution in [0, 0.1) is 0 Å². The molecule has 2 heterocycles. The molecule has 102 valence electrons. The van der Waals surface area contributed by atoms with Crippen LogP contribution in [-0.2, 0) is 6.18 Å². The summed E-state index contributed by atoms with van der Waals surface area (Å²) in [5.41, 5.74) is 0.838. The van der Waals surface area contributed by atoms with Crippen molar-refractivity contribution < 1.29 is 13.2 Å². The number of alkyl halides is 3. The van der Waals surface area contributed by atoms with Crippen LogP contribution in [0.1, 0.15) is 5.82 Å². The molecule has 3 rings (SSSR count). The molecule has 0 unspecified atom stereocenters. The van der Waals surface area contributed by atoms with Crippen LogP contribution in [-0.4, -0.2) is 19.6 Å². The van der Waals surface area contributed by atoms with Crippen LogP contribution in [0.2, 0.25) is 5.15 Å². The minimum Gasteiger partial charge on any atom is -0.274 e. The van der Waals surface area contributed by atoms with E-state index in [-0.39, 0.29) is 10.8 Å². The van der Waals surface area contributed by atoms with Crippen molar-refractivity contribution in [2.45, 2.75) is 6.18 Å². The monoisotopic (exact) mass is 298 g/mol. The van der Waals surface area contributed by atoms with Gasteiger partial charge in [-0.2, -0.15) is 13.2 Å². The second-order valence-electron chi connectivity index (χ2n) is 4.00. The highest BCUT2D eigenvalue weighted by Gasteiger charge is 2.37. The molecule has 4 nitrogen and oxygen atoms in total. The van der Waals surface area contributed by atoms with Crippen molar-refractivity contribution in [3.63, 3.8) is 0 Å². The quantitative estimate of drug-likeness (QED) is 0.691. The van der Waals surface area contributed by atoms with Gasteiger partial charge >= 0.3 is 6.18 Å². The molecule has 20 heavy (non-hydrogen) atoms. The molecule has 0 saturated heterocycles. The molecule has 0 fully saturated rings. The number of benzene rings is 1. The van der Waals surface area contributed by atoms with E-state index in [0.29, 0.717) is 11.3 Å². The Morgan fingerprint density at radius 2 is 1.75 bits per heavy atom. The summed E-state index contributed by atoms with van der Waals surface area (Å²) in [6, 6.07) is 8.76. The second kappa shape index (κ2) is 4.45. The fourth-order valence-corrected chi connectivity index (χ4v) is 2.02. The molecule has 3 aromatic rings. The van der Waals surface area contributed by atoms with Gasteiger partial charge in [0.05, 0.1) is 5.69 Å². The van der Waals surface area contributed by atoms with Crippen molar-refractivity contribution in [3.8, 4) is 11.3 Å². The minimum absolute atomic E-state index is 0.126. The van der Waals surface area contributed by atoms with E-state index in [1.165, 1.54) is 6.20 Å². The van der Waals surface area contributed by atoms with Gasteiger partial charge < -0.3 is 0 Å². The van der Waals surface area contributed by atoms with Crippen LogP contribution >= 0.6 is 11.6 Å². The molecule has 0 amide bonds. The van der Waals surface area contributed by atoms with Gasteiger partial charge in [0.15, 0.2) is 10.8 Å². The molecule has 0 saturated carbocycles. The first-order valence-corrected chi connectivity index (χ1v) is 5.88. The van der Waals surface area contributed by atoms with Gasteiger partial charge in [-0.3, -0.25) is 4.40 Å². The molecule has 0 spiro atoms. The molecular formula is C12H6ClF3N4. The van der Waals surface area contributed by atoms with Crippen molar-refractivity contribution >= 4 is 17.2 Å². The maximum Gasteiger partial charge on any atom is 0.452 e. The molecule has 0 aliphatic rings. The number of hydrogen-bond donors (Lipinski definition) is 0. The van der Waals surface area contributed by atoms with E-state index in [0.717, 1.165) is 4.40 Å². The van der Waals surface area contributed by atoms with Gasteiger partial charge in [0.2, 0.25) is 5.82 Å². The van der Waals surface area contributed by atoms with Crippen LogP contribution in [0.15, 0.2) is 36.5 Å². The zero-order valence-corrected chi connectivity index (χ0v) is 10.5. The van der Waals surface area contributed by atoms with Crippen LogP contribution in [0.3, 0.4) is 0 Å². The van der Waals surface area contributed by atoms with Gasteiger partial charge in [-0.25, -0.2) is 4.98 Å². The van der Waals surface area contributed by atoms with Gasteiger partial charge in [0.25, 0.3) is 0 Å². The van der Waals surface area contributed by atoms with Gasteiger partial charge in [0, 0.05) is 11.8 Å². The number of aromatic nitrogens is 4. The first kappa shape index (κ1) is 12.9. The van der Waals surface area contributed by atoms with Crippen molar-refractivity contribution in [1.82, 2.24) is 19.6 Å². The second-order valence-corrected chi connectivity index (χ2v) is 4.36. The molecule has 0 bridgehead atoms. The molecule has 0 atom stereocenters. The van der Waals surface area contributed by atoms with E-state index in [4.69, 9.17) is 11.6 Å². The topological polar surface area (TPSA) is 43.1 Å². The summed E-state index contributed by atoms with van der Waals surface area (Å²) in [7, 11) is 0. The first-order valence-electron chi connectivity index (χ1n) is 5.51. The summed E-state index contributed by atoms with van der Waals surface area (Å²) in [5, 5.41) is 6.41. The van der Waals surface area contributed by atoms with Crippen molar-refractivity contribution in [2.24, 2.45) is 0 Å². The Morgan fingerprint density at radius 1 is 1.05 bits per heavy atom. The van der Waals surface area contributed by atoms with Crippen LogP contribution in [0.25, 0.3) is 16.9 Å². The zero-order valence-electron chi connectivity index (χ0n) is 9.76. The molecule has 0 radical (unpaired) electrons. The normalized spacial score (nSPS) is 12.0. The lowest BCUT2D eigenvalue weighted by Gasteiger charge is -2.06. The summed E-state index contributed by atoms with van der Waals surface area (Å²) in [4.78, 5) is 4.04. The fourth-order valence-electron chi connectivity index (χ4n) is 1.80. The molecule has 0 aliphatic carbocycles. The van der Waals surface area contributed by atoms with E-state index in [2.05, 4.69) is 15.2 Å². The molecule has 8 heteroatoms. The van der Waals surface area contributed by atoms with Crippen molar-refractivity contribution in [1.29, 1.82) is 0 Å². The Labute approximate surface area is 115 Å². The summed E-state index contributed by atoms with van der Waals surface area (Å²) >= 11 is 5.87. The summed E-state index contributed by atoms with van der Waals surface area (Å²) < 4.78 is 39.3. The van der Waals surface area contributed by atoms with E-state index in [1.807, 2.05) is 0 Å². The Morgan fingerprint density at radius 3 is 2.40 bits per heavy atom. The van der Waals surface area contributed by atoms with E-state index >= 15 is 0 Å². The average molecular weight is 299 g/mol. The van der Waals surface area contributed by atoms with E-state index < -0.39 is 12.0 Å². The third-order valence-electron chi connectivity index (χ3n) is 2.67. The predicted molar refractivity (Wildman–Crippen MR) is 66.2 cm³/mol. The maximum absolute atomic E-state index is 12.8. The fraction of sp³-hybridized carbons (Fsp3) is 0.0833. The standard InChI is InChI=1S/C12H6ClF3N4/c13-9-10-18-19-11(12(14,15)16)20(10)6-8(17-9)7-4-2-1-3-5-7/h1-6H. The van der Waals surface area contributed by atoms with Gasteiger partial charge in [-0.1, -0.05) is 41.9 Å². The van der Waals surface area contributed by atoms with E-state index in [9.17, 15) is 13.2 Å². The van der Waals surface area contributed by atoms with Crippen molar-refractivity contribution in [2.75, 3.05) is 0 Å². The highest BCUT2D eigenvalue weighted by atomic mass is 35.5. The molecular weight excluding hydrogens is 293 g/mol. The van der Waals surface area contributed by atoms with Gasteiger partial charge in [0.1, 0.15) is 0 Å². The van der Waals surface area contributed by atoms with Crippen LogP contribution in [0.5, 0.6) is 0 Å². The lowest BCUT2D eigenvalue weighted by molar-refractivity contribution is -0.145. The Bertz CT molecular complexity index is 767. The first-order chi connectivity index (χ1) is 9.47. The summed E-state index contributed by atoms with van der Waals surface area (Å²) in [6.45, 7) is 0. The highest BCUT2D eigenvalue weighted by molar-refractivity contribution is 6.32. The lowest BCUT2D eigenvalue weighted by Crippen LogP contribution is -2.11. The summed E-state index contributed by atoms with van der Waals surface area (Å²) in [5.74, 6) is -1.13. The van der Waals surface area contributed by atoms with Crippen LogP contribution in [0.4, 0.5) is 13.2 Å². The minimum atomic E-state index is -4.61. The molecule has 0 aliphatic heterocycles. The molecule has 2 aromatic heterocycles. The Kier molecular flexibility index (Phi) is 2.86. The number of halogens is 4. The highest BCUT2D eigenvalue weighted by Crippen LogP contribution is 2.30. The Balaban J connectivity index is 2.27. The number of nitrogens with zero attached hydrogens (tertiary/aromatic N) is 4. The Hall–Kier alpha value is -2.15. The number of hydrogen-bond acceptors (Lipinski definition) is 3. The third-order valence-corrected chi connectivity index (χ3v) is 2.93. The average Bonchev–Trinajstić information content (AvgIpc) is 2.84. The largest absolute Gasteiger partial charge is 0.452 e. The van der Waals surface area contributed by atoms with Crippen molar-refractivity contribution in [3.05, 3.63) is 47.5 Å². The summed E-state index contributed by atoms with van der Waals surface area (Å²) in [6.07, 6.45) is -3.39. The molecule has 0 N–H and O–H groups in total. The van der Waals surface area contributed by atoms with Crippen LogP contribution < -0.4 is 0 Å². The number of rotatable bonds is 1. The van der Waals surface area contributed by atoms with E-state index in [1.54, 1.807) is 30.3 Å².